The van der Waals surface area contributed by atoms with Crippen LogP contribution in [-0.4, -0.2) is 88.3 Å². The van der Waals surface area contributed by atoms with E-state index in [4.69, 9.17) is 4.74 Å². The van der Waals surface area contributed by atoms with Gasteiger partial charge < -0.3 is 25.4 Å². The Morgan fingerprint density at radius 1 is 1.38 bits per heavy atom. The zero-order valence-electron chi connectivity index (χ0n) is 20.0. The highest BCUT2D eigenvalue weighted by Crippen LogP contribution is 2.27. The van der Waals surface area contributed by atoms with Crippen LogP contribution in [0.25, 0.3) is 11.0 Å². The second-order valence-electron chi connectivity index (χ2n) is 8.62. The van der Waals surface area contributed by atoms with E-state index in [9.17, 15) is 19.5 Å². The number of aliphatic hydroxyl groups excluding tert-OH is 1. The number of carbonyl (C=O) groups is 3. The molecule has 0 radical (unpaired) electrons. The highest BCUT2D eigenvalue weighted by molar-refractivity contribution is 5.97. The first-order valence-electron chi connectivity index (χ1n) is 11.3. The van der Waals surface area contributed by atoms with E-state index in [1.54, 1.807) is 44.3 Å². The third-order valence-electron chi connectivity index (χ3n) is 6.42. The lowest BCUT2D eigenvalue weighted by molar-refractivity contribution is -0.141. The Bertz CT molecular complexity index is 1070. The fraction of sp³-hybridized carbons (Fsp3) is 0.500. The van der Waals surface area contributed by atoms with Gasteiger partial charge in [0.2, 0.25) is 11.8 Å². The van der Waals surface area contributed by atoms with Crippen molar-refractivity contribution in [2.24, 2.45) is 0 Å². The summed E-state index contributed by atoms with van der Waals surface area (Å²) >= 11 is 0. The van der Waals surface area contributed by atoms with E-state index in [2.05, 4.69) is 22.2 Å². The summed E-state index contributed by atoms with van der Waals surface area (Å²) in [5.74, 6) is -0.945. The van der Waals surface area contributed by atoms with Gasteiger partial charge in [0.15, 0.2) is 0 Å². The average molecular weight is 472 g/mol. The predicted molar refractivity (Wildman–Crippen MR) is 127 cm³/mol. The van der Waals surface area contributed by atoms with Gasteiger partial charge in [-0.15, -0.1) is 0 Å². The van der Waals surface area contributed by atoms with E-state index in [0.717, 1.165) is 10.9 Å². The van der Waals surface area contributed by atoms with Gasteiger partial charge in [-0.3, -0.25) is 19.0 Å². The first kappa shape index (κ1) is 25.5. The minimum Gasteiger partial charge on any atom is -0.391 e. The number of fused-ring (bicyclic) bond motifs is 1. The van der Waals surface area contributed by atoms with Gasteiger partial charge in [0.1, 0.15) is 11.7 Å². The van der Waals surface area contributed by atoms with Crippen LogP contribution in [0.5, 0.6) is 0 Å². The lowest BCUT2D eigenvalue weighted by Gasteiger charge is -2.32. The number of hydrogen-bond donors (Lipinski definition) is 3. The Labute approximate surface area is 199 Å². The van der Waals surface area contributed by atoms with Crippen LogP contribution in [0.3, 0.4) is 0 Å². The van der Waals surface area contributed by atoms with Crippen LogP contribution in [0.1, 0.15) is 30.6 Å². The van der Waals surface area contributed by atoms with Gasteiger partial charge in [0.25, 0.3) is 5.91 Å². The zero-order chi connectivity index (χ0) is 25.0. The third kappa shape index (κ3) is 5.19. The summed E-state index contributed by atoms with van der Waals surface area (Å²) in [5, 5.41) is 16.9. The molecule has 5 unspecified atom stereocenters. The van der Waals surface area contributed by atoms with Crippen molar-refractivity contribution in [1.82, 2.24) is 25.1 Å². The molecule has 1 aliphatic rings. The topological polar surface area (TPSA) is 126 Å². The lowest BCUT2D eigenvalue weighted by atomic mass is 10.0. The largest absolute Gasteiger partial charge is 0.391 e. The van der Waals surface area contributed by atoms with Crippen molar-refractivity contribution in [3.8, 4) is 0 Å². The van der Waals surface area contributed by atoms with Crippen molar-refractivity contribution in [3.63, 3.8) is 0 Å². The summed E-state index contributed by atoms with van der Waals surface area (Å²) in [7, 11) is 3.14. The number of nitrogens with zero attached hydrogens (tertiary/aromatic N) is 3. The molecule has 1 fully saturated rings. The maximum atomic E-state index is 13.6. The van der Waals surface area contributed by atoms with Crippen molar-refractivity contribution in [2.45, 2.75) is 57.0 Å². The lowest BCUT2D eigenvalue weighted by Crippen LogP contribution is -2.58. The number of methoxy groups -OCH3 is 1. The van der Waals surface area contributed by atoms with Crippen molar-refractivity contribution in [2.75, 3.05) is 20.7 Å². The molecule has 1 saturated heterocycles. The van der Waals surface area contributed by atoms with Crippen LogP contribution in [0.15, 0.2) is 37.2 Å². The average Bonchev–Trinajstić information content (AvgIpc) is 3.40. The molecule has 184 valence electrons. The summed E-state index contributed by atoms with van der Waals surface area (Å²) in [4.78, 5) is 44.3. The standard InChI is InChI=1S/C24H33N5O5/c1-6-20(31)29-12-16(19-8-7-9-26-22(19)29)10-17-11-18(30)13-28(17)24(33)21(15(3)34-5)27-23(32)14(2)25-4/h6-9,12,14-15,17-18,21,25,30H,1,10-11,13H2,2-5H3,(H,27,32). The van der Waals surface area contributed by atoms with Crippen LogP contribution in [0.4, 0.5) is 0 Å². The van der Waals surface area contributed by atoms with Gasteiger partial charge in [-0.05, 0) is 57.5 Å². The molecular formula is C24H33N5O5. The highest BCUT2D eigenvalue weighted by Gasteiger charge is 2.40. The first-order valence-corrected chi connectivity index (χ1v) is 11.3. The second-order valence-corrected chi connectivity index (χ2v) is 8.62. The second kappa shape index (κ2) is 10.9. The molecule has 0 saturated carbocycles. The molecule has 3 heterocycles. The smallest absolute Gasteiger partial charge is 0.255 e. The van der Waals surface area contributed by atoms with Crippen molar-refractivity contribution < 1.29 is 24.2 Å². The number of aliphatic hydroxyl groups is 1. The number of hydrogen-bond acceptors (Lipinski definition) is 7. The van der Waals surface area contributed by atoms with Crippen LogP contribution >= 0.6 is 0 Å². The van der Waals surface area contributed by atoms with Gasteiger partial charge in [-0.2, -0.15) is 0 Å². The quantitative estimate of drug-likeness (QED) is 0.455. The number of pyridine rings is 1. The number of rotatable bonds is 9. The monoisotopic (exact) mass is 471 g/mol. The normalized spacial score (nSPS) is 20.7. The number of ether oxygens (including phenoxy) is 1. The molecule has 2 aromatic rings. The fourth-order valence-corrected chi connectivity index (χ4v) is 4.27. The van der Waals surface area contributed by atoms with Crippen LogP contribution in [-0.2, 0) is 20.7 Å². The molecule has 1 aliphatic heterocycles. The molecule has 2 amide bonds. The van der Waals surface area contributed by atoms with Crippen LogP contribution in [0, 0.1) is 0 Å². The molecule has 34 heavy (non-hydrogen) atoms. The van der Waals surface area contributed by atoms with E-state index >= 15 is 0 Å². The third-order valence-corrected chi connectivity index (χ3v) is 6.42. The number of likely N-dealkylation sites (tertiary alicyclic amines) is 1. The van der Waals surface area contributed by atoms with Gasteiger partial charge >= 0.3 is 0 Å². The van der Waals surface area contributed by atoms with E-state index in [1.807, 2.05) is 6.07 Å². The number of nitrogens with one attached hydrogen (secondary N) is 2. The summed E-state index contributed by atoms with van der Waals surface area (Å²) in [5.41, 5.74) is 1.34. The molecule has 2 aromatic heterocycles. The Hall–Kier alpha value is -3.08. The number of likely N-dealkylation sites (N-methyl/N-ethyl adjacent to an activating group) is 1. The van der Waals surface area contributed by atoms with Crippen molar-refractivity contribution in [1.29, 1.82) is 0 Å². The number of allylic oxidation sites excluding steroid dienone is 1. The molecule has 0 bridgehead atoms. The molecule has 10 heteroatoms. The van der Waals surface area contributed by atoms with Gasteiger partial charge in [-0.1, -0.05) is 6.58 Å². The molecule has 0 aromatic carbocycles. The van der Waals surface area contributed by atoms with Crippen molar-refractivity contribution in [3.05, 3.63) is 42.7 Å². The summed E-state index contributed by atoms with van der Waals surface area (Å²) in [6.07, 6.45) is 4.07. The molecule has 3 N–H and O–H groups in total. The van der Waals surface area contributed by atoms with E-state index < -0.39 is 24.3 Å². The molecule has 3 rings (SSSR count). The van der Waals surface area contributed by atoms with E-state index in [0.29, 0.717) is 18.5 Å². The van der Waals surface area contributed by atoms with Crippen LogP contribution in [0.2, 0.25) is 0 Å². The Balaban J connectivity index is 1.89. The summed E-state index contributed by atoms with van der Waals surface area (Å²) in [6.45, 7) is 7.12. The molecule has 10 nitrogen and oxygen atoms in total. The van der Waals surface area contributed by atoms with Gasteiger partial charge in [0, 0.05) is 37.5 Å². The van der Waals surface area contributed by atoms with Crippen molar-refractivity contribution >= 4 is 28.8 Å². The maximum Gasteiger partial charge on any atom is 0.255 e. The number of amides is 2. The van der Waals surface area contributed by atoms with E-state index in [-0.39, 0.29) is 30.3 Å². The highest BCUT2D eigenvalue weighted by atomic mass is 16.5. The zero-order valence-corrected chi connectivity index (χ0v) is 20.0. The summed E-state index contributed by atoms with van der Waals surface area (Å²) < 4.78 is 6.82. The number of carbonyl (C=O) groups excluding carboxylic acids is 3. The minimum atomic E-state index is -0.911. The molecule has 5 atom stereocenters. The summed E-state index contributed by atoms with van der Waals surface area (Å²) in [6, 6.07) is 1.94. The fourth-order valence-electron chi connectivity index (χ4n) is 4.27. The van der Waals surface area contributed by atoms with Crippen LogP contribution < -0.4 is 10.6 Å². The predicted octanol–water partition coefficient (Wildman–Crippen LogP) is 0.494. The minimum absolute atomic E-state index is 0.149. The SMILES string of the molecule is C=CC(=O)n1cc(CC2CC(O)CN2C(=O)C(NC(=O)C(C)NC)C(C)OC)c2cccnc21. The molecule has 0 aliphatic carbocycles. The molecule has 0 spiro atoms. The Morgan fingerprint density at radius 3 is 2.76 bits per heavy atom. The maximum absolute atomic E-state index is 13.6. The van der Waals surface area contributed by atoms with E-state index in [1.165, 1.54) is 17.8 Å². The van der Waals surface area contributed by atoms with Gasteiger partial charge in [0.05, 0.1) is 18.2 Å². The van der Waals surface area contributed by atoms with Gasteiger partial charge in [-0.25, -0.2) is 4.98 Å². The molecular weight excluding hydrogens is 438 g/mol. The first-order chi connectivity index (χ1) is 16.2. The Kier molecular flexibility index (Phi) is 8.19. The number of aromatic nitrogens is 2. The number of β-amino-alcohol motifs (C(OH)–C–C–N with tert-alkyl or cyclic N) is 1. The Morgan fingerprint density at radius 2 is 2.12 bits per heavy atom.